The first-order valence-electron chi connectivity index (χ1n) is 10.7. The molecule has 6 heteroatoms. The molecule has 0 spiro atoms. The number of anilines is 1. The molecule has 0 radical (unpaired) electrons. The van der Waals surface area contributed by atoms with E-state index in [-0.39, 0.29) is 18.2 Å². The molecular formula is C26H26N4O2. The van der Waals surface area contributed by atoms with E-state index in [9.17, 15) is 9.59 Å². The van der Waals surface area contributed by atoms with Crippen molar-refractivity contribution in [1.29, 1.82) is 0 Å². The first-order chi connectivity index (χ1) is 15.5. The lowest BCUT2D eigenvalue weighted by Crippen LogP contribution is -2.22. The van der Waals surface area contributed by atoms with E-state index in [2.05, 4.69) is 39.5 Å². The second kappa shape index (κ2) is 9.06. The molecule has 162 valence electrons. The Morgan fingerprint density at radius 3 is 2.44 bits per heavy atom. The Bertz CT molecular complexity index is 1350. The van der Waals surface area contributed by atoms with Gasteiger partial charge in [0.15, 0.2) is 0 Å². The molecule has 0 saturated carbocycles. The lowest BCUT2D eigenvalue weighted by atomic mass is 10.1. The van der Waals surface area contributed by atoms with Gasteiger partial charge in [0.1, 0.15) is 0 Å². The van der Waals surface area contributed by atoms with Crippen LogP contribution in [-0.2, 0) is 11.3 Å². The number of carbonyl (C=O) groups is 2. The SMILES string of the molecule is CCn1c2ccccc2c2cc(NC(=O)CC(C)=NNC(=O)c3ccccc3C)ccc21. The molecule has 0 bridgehead atoms. The van der Waals surface area contributed by atoms with Crippen LogP contribution in [0.2, 0.25) is 0 Å². The maximum absolute atomic E-state index is 12.5. The predicted octanol–water partition coefficient (Wildman–Crippen LogP) is 5.26. The van der Waals surface area contributed by atoms with E-state index in [4.69, 9.17) is 0 Å². The molecule has 32 heavy (non-hydrogen) atoms. The van der Waals surface area contributed by atoms with Crippen LogP contribution in [0.15, 0.2) is 71.8 Å². The number of hydrogen-bond acceptors (Lipinski definition) is 3. The largest absolute Gasteiger partial charge is 0.341 e. The van der Waals surface area contributed by atoms with Crippen molar-refractivity contribution in [3.05, 3.63) is 77.9 Å². The molecule has 6 nitrogen and oxygen atoms in total. The Morgan fingerprint density at radius 1 is 0.938 bits per heavy atom. The van der Waals surface area contributed by atoms with E-state index in [0.29, 0.717) is 11.3 Å². The molecule has 0 aliphatic rings. The highest BCUT2D eigenvalue weighted by molar-refractivity contribution is 6.11. The summed E-state index contributed by atoms with van der Waals surface area (Å²) in [6.07, 6.45) is 0.0861. The first kappa shape index (κ1) is 21.3. The van der Waals surface area contributed by atoms with Crippen LogP contribution in [0.1, 0.15) is 36.2 Å². The molecule has 4 aromatic rings. The molecular weight excluding hydrogens is 400 g/mol. The average molecular weight is 427 g/mol. The highest BCUT2D eigenvalue weighted by Crippen LogP contribution is 2.31. The first-order valence-corrected chi connectivity index (χ1v) is 10.7. The number of aryl methyl sites for hydroxylation is 2. The summed E-state index contributed by atoms with van der Waals surface area (Å²) in [4.78, 5) is 24.8. The van der Waals surface area contributed by atoms with Crippen LogP contribution < -0.4 is 10.7 Å². The van der Waals surface area contributed by atoms with Gasteiger partial charge >= 0.3 is 0 Å². The topological polar surface area (TPSA) is 75.5 Å². The Morgan fingerprint density at radius 2 is 1.66 bits per heavy atom. The van der Waals surface area contributed by atoms with Crippen LogP contribution in [0.4, 0.5) is 5.69 Å². The van der Waals surface area contributed by atoms with Crippen LogP contribution in [0.25, 0.3) is 21.8 Å². The fourth-order valence-corrected chi connectivity index (χ4v) is 3.98. The van der Waals surface area contributed by atoms with E-state index in [1.54, 1.807) is 19.1 Å². The van der Waals surface area contributed by atoms with Gasteiger partial charge in [0.25, 0.3) is 5.91 Å². The van der Waals surface area contributed by atoms with Gasteiger partial charge in [-0.25, -0.2) is 5.43 Å². The molecule has 1 heterocycles. The summed E-state index contributed by atoms with van der Waals surface area (Å²) in [5, 5.41) is 9.30. The fraction of sp³-hybridized carbons (Fsp3) is 0.192. The number of rotatable bonds is 6. The number of hydrogen-bond donors (Lipinski definition) is 2. The molecule has 0 aliphatic heterocycles. The summed E-state index contributed by atoms with van der Waals surface area (Å²) in [5.74, 6) is -0.476. The van der Waals surface area contributed by atoms with Crippen LogP contribution >= 0.6 is 0 Å². The number of nitrogens with zero attached hydrogens (tertiary/aromatic N) is 2. The van der Waals surface area contributed by atoms with Gasteiger partial charge in [-0.3, -0.25) is 9.59 Å². The van der Waals surface area contributed by atoms with Crippen molar-refractivity contribution in [1.82, 2.24) is 9.99 Å². The number of amides is 2. The number of carbonyl (C=O) groups excluding carboxylic acids is 2. The van der Waals surface area contributed by atoms with Crippen LogP contribution in [-0.4, -0.2) is 22.1 Å². The molecule has 0 fully saturated rings. The number of hydrazone groups is 1. The third kappa shape index (κ3) is 4.25. The van der Waals surface area contributed by atoms with Crippen LogP contribution in [0.5, 0.6) is 0 Å². The number of nitrogens with one attached hydrogen (secondary N) is 2. The molecule has 0 atom stereocenters. The zero-order valence-corrected chi connectivity index (χ0v) is 18.5. The highest BCUT2D eigenvalue weighted by Gasteiger charge is 2.12. The van der Waals surface area contributed by atoms with Crippen molar-refractivity contribution in [3.8, 4) is 0 Å². The lowest BCUT2D eigenvalue weighted by molar-refractivity contribution is -0.115. The summed E-state index contributed by atoms with van der Waals surface area (Å²) in [6.45, 7) is 6.59. The number of fused-ring (bicyclic) bond motifs is 3. The standard InChI is InChI=1S/C26H26N4O2/c1-4-30-23-12-8-7-11-21(23)22-16-19(13-14-24(22)30)27-25(31)15-18(3)28-29-26(32)20-10-6-5-9-17(20)2/h5-14,16H,4,15H2,1-3H3,(H,27,31)(H,29,32). The van der Waals surface area contributed by atoms with E-state index in [1.807, 2.05) is 49.4 Å². The van der Waals surface area contributed by atoms with E-state index in [1.165, 1.54) is 5.52 Å². The Kier molecular flexibility index (Phi) is 6.03. The van der Waals surface area contributed by atoms with Crippen molar-refractivity contribution in [2.45, 2.75) is 33.7 Å². The summed E-state index contributed by atoms with van der Waals surface area (Å²) < 4.78 is 2.27. The molecule has 2 N–H and O–H groups in total. The van der Waals surface area contributed by atoms with E-state index >= 15 is 0 Å². The van der Waals surface area contributed by atoms with E-state index in [0.717, 1.165) is 34.1 Å². The molecule has 0 saturated heterocycles. The minimum atomic E-state index is -0.291. The monoisotopic (exact) mass is 426 g/mol. The summed E-state index contributed by atoms with van der Waals surface area (Å²) >= 11 is 0. The molecule has 4 rings (SSSR count). The third-order valence-electron chi connectivity index (χ3n) is 5.53. The quantitative estimate of drug-likeness (QED) is 0.326. The van der Waals surface area contributed by atoms with E-state index < -0.39 is 0 Å². The number of para-hydroxylation sites is 1. The van der Waals surface area contributed by atoms with Crippen molar-refractivity contribution < 1.29 is 9.59 Å². The molecule has 2 amide bonds. The Labute approximate surface area is 186 Å². The fourth-order valence-electron chi connectivity index (χ4n) is 3.98. The van der Waals surface area contributed by atoms with Crippen molar-refractivity contribution in [2.75, 3.05) is 5.32 Å². The zero-order chi connectivity index (χ0) is 22.7. The van der Waals surface area contributed by atoms with Crippen molar-refractivity contribution in [2.24, 2.45) is 5.10 Å². The molecule has 0 aliphatic carbocycles. The van der Waals surface area contributed by atoms with Crippen LogP contribution in [0.3, 0.4) is 0 Å². The molecule has 0 unspecified atom stereocenters. The van der Waals surface area contributed by atoms with Gasteiger partial charge in [-0.15, -0.1) is 0 Å². The van der Waals surface area contributed by atoms with Crippen molar-refractivity contribution >= 4 is 45.0 Å². The molecule has 3 aromatic carbocycles. The summed E-state index contributed by atoms with van der Waals surface area (Å²) in [7, 11) is 0. The predicted molar refractivity (Wildman–Crippen MR) is 130 cm³/mol. The van der Waals surface area contributed by atoms with Gasteiger partial charge in [0.05, 0.1) is 6.42 Å². The second-order valence-electron chi connectivity index (χ2n) is 7.82. The number of aromatic nitrogens is 1. The normalized spacial score (nSPS) is 11.7. The zero-order valence-electron chi connectivity index (χ0n) is 18.5. The highest BCUT2D eigenvalue weighted by atomic mass is 16.2. The van der Waals surface area contributed by atoms with Gasteiger partial charge in [-0.1, -0.05) is 36.4 Å². The number of benzene rings is 3. The van der Waals surface area contributed by atoms with Crippen molar-refractivity contribution in [3.63, 3.8) is 0 Å². The average Bonchev–Trinajstić information content (AvgIpc) is 3.10. The minimum absolute atomic E-state index is 0.0861. The maximum atomic E-state index is 12.5. The van der Waals surface area contributed by atoms with Gasteiger partial charge in [-0.2, -0.15) is 5.10 Å². The van der Waals surface area contributed by atoms with Crippen LogP contribution in [0, 0.1) is 6.92 Å². The van der Waals surface area contributed by atoms with Gasteiger partial charge in [-0.05, 0) is 56.7 Å². The minimum Gasteiger partial charge on any atom is -0.341 e. The summed E-state index contributed by atoms with van der Waals surface area (Å²) in [6, 6.07) is 21.5. The Balaban J connectivity index is 1.45. The Hall–Kier alpha value is -3.93. The smallest absolute Gasteiger partial charge is 0.271 e. The molecule has 1 aromatic heterocycles. The van der Waals surface area contributed by atoms with Gasteiger partial charge < -0.3 is 9.88 Å². The van der Waals surface area contributed by atoms with Gasteiger partial charge in [0, 0.05) is 45.3 Å². The summed E-state index contributed by atoms with van der Waals surface area (Å²) in [5.41, 5.74) is 7.54. The lowest BCUT2D eigenvalue weighted by Gasteiger charge is -2.07. The third-order valence-corrected chi connectivity index (χ3v) is 5.53. The van der Waals surface area contributed by atoms with Gasteiger partial charge in [0.2, 0.25) is 5.91 Å². The maximum Gasteiger partial charge on any atom is 0.271 e. The second-order valence-corrected chi connectivity index (χ2v) is 7.82.